The number of anilines is 1. The Hall–Kier alpha value is -2.03. The molecule has 0 aliphatic heterocycles. The number of para-hydroxylation sites is 1. The van der Waals surface area contributed by atoms with Gasteiger partial charge in [0, 0.05) is 5.69 Å². The molecule has 1 atom stereocenters. The zero-order valence-corrected chi connectivity index (χ0v) is 14.1. The monoisotopic (exact) mass is 299 g/mol. The van der Waals surface area contributed by atoms with Gasteiger partial charge in [-0.2, -0.15) is 0 Å². The molecule has 0 spiro atoms. The number of hydrogen-bond acceptors (Lipinski definition) is 2. The molecular weight excluding hydrogens is 274 g/mol. The van der Waals surface area contributed by atoms with E-state index in [1.54, 1.807) is 6.07 Å². The Kier molecular flexibility index (Phi) is 5.07. The lowest BCUT2D eigenvalue weighted by Gasteiger charge is -2.18. The summed E-state index contributed by atoms with van der Waals surface area (Å²) < 4.78 is 5.44. The van der Waals surface area contributed by atoms with Gasteiger partial charge in [-0.25, -0.2) is 0 Å². The number of nitrogens with one attached hydrogen (secondary N) is 1. The van der Waals surface area contributed by atoms with E-state index in [0.29, 0.717) is 23.2 Å². The van der Waals surface area contributed by atoms with Gasteiger partial charge < -0.3 is 9.73 Å². The highest BCUT2D eigenvalue weighted by Gasteiger charge is 2.17. The van der Waals surface area contributed by atoms with Gasteiger partial charge in [-0.15, -0.1) is 0 Å². The Morgan fingerprint density at radius 2 is 1.86 bits per heavy atom. The number of furan rings is 1. The van der Waals surface area contributed by atoms with E-state index >= 15 is 0 Å². The average Bonchev–Trinajstić information content (AvgIpc) is 2.77. The van der Waals surface area contributed by atoms with Gasteiger partial charge in [-0.3, -0.25) is 4.79 Å². The number of carbonyl (C=O) groups excluding carboxylic acids is 1. The van der Waals surface area contributed by atoms with Gasteiger partial charge in [0.15, 0.2) is 0 Å². The van der Waals surface area contributed by atoms with Crippen LogP contribution in [0.3, 0.4) is 0 Å². The molecule has 1 N–H and O–H groups in total. The van der Waals surface area contributed by atoms with Crippen LogP contribution in [-0.2, 0) is 0 Å². The predicted octanol–water partition coefficient (Wildman–Crippen LogP) is 5.30. The second-order valence-electron chi connectivity index (χ2n) is 6.40. The smallest absolute Gasteiger partial charge is 0.259 e. The standard InChI is InChI=1S/C19H25NO2/c1-12(2)10-13(3)16-8-6-7-9-18(16)20-19(21)17-11-14(4)22-15(17)5/h6-9,11-13H,10H2,1-5H3,(H,20,21). The van der Waals surface area contributed by atoms with Crippen LogP contribution in [0.4, 0.5) is 5.69 Å². The van der Waals surface area contributed by atoms with Crippen LogP contribution in [0, 0.1) is 19.8 Å². The topological polar surface area (TPSA) is 42.2 Å². The molecule has 22 heavy (non-hydrogen) atoms. The van der Waals surface area contributed by atoms with E-state index in [4.69, 9.17) is 4.42 Å². The molecule has 0 saturated heterocycles. The van der Waals surface area contributed by atoms with E-state index in [1.807, 2.05) is 32.0 Å². The first-order valence-electron chi connectivity index (χ1n) is 7.85. The summed E-state index contributed by atoms with van der Waals surface area (Å²) in [6.45, 7) is 10.3. The number of aryl methyl sites for hydroxylation is 2. The zero-order chi connectivity index (χ0) is 16.3. The molecule has 0 bridgehead atoms. The van der Waals surface area contributed by atoms with Crippen LogP contribution in [-0.4, -0.2) is 5.91 Å². The van der Waals surface area contributed by atoms with Crippen molar-refractivity contribution >= 4 is 11.6 Å². The van der Waals surface area contributed by atoms with Crippen molar-refractivity contribution in [2.45, 2.75) is 47.0 Å². The van der Waals surface area contributed by atoms with E-state index in [2.05, 4.69) is 32.2 Å². The molecule has 3 heteroatoms. The summed E-state index contributed by atoms with van der Waals surface area (Å²) in [5, 5.41) is 3.04. The van der Waals surface area contributed by atoms with Crippen molar-refractivity contribution in [2.75, 3.05) is 5.32 Å². The van der Waals surface area contributed by atoms with E-state index < -0.39 is 0 Å². The van der Waals surface area contributed by atoms with Crippen molar-refractivity contribution in [1.82, 2.24) is 0 Å². The quantitative estimate of drug-likeness (QED) is 0.814. The number of hydrogen-bond donors (Lipinski definition) is 1. The van der Waals surface area contributed by atoms with Crippen molar-refractivity contribution in [3.8, 4) is 0 Å². The third-order valence-electron chi connectivity index (χ3n) is 3.85. The van der Waals surface area contributed by atoms with Gasteiger partial charge in [0.1, 0.15) is 11.5 Å². The minimum Gasteiger partial charge on any atom is -0.466 e. The molecule has 1 amide bonds. The normalized spacial score (nSPS) is 12.5. The van der Waals surface area contributed by atoms with E-state index in [-0.39, 0.29) is 5.91 Å². The molecule has 2 rings (SSSR count). The summed E-state index contributed by atoms with van der Waals surface area (Å²) in [6, 6.07) is 9.82. The van der Waals surface area contributed by atoms with Crippen molar-refractivity contribution < 1.29 is 9.21 Å². The molecule has 3 nitrogen and oxygen atoms in total. The van der Waals surface area contributed by atoms with Crippen molar-refractivity contribution in [3.05, 3.63) is 53.0 Å². The maximum atomic E-state index is 12.5. The third kappa shape index (κ3) is 3.79. The van der Waals surface area contributed by atoms with Gasteiger partial charge in [0.05, 0.1) is 5.56 Å². The minimum absolute atomic E-state index is 0.112. The summed E-state index contributed by atoms with van der Waals surface area (Å²) in [5.41, 5.74) is 2.67. The Morgan fingerprint density at radius 1 is 1.18 bits per heavy atom. The first-order chi connectivity index (χ1) is 10.4. The van der Waals surface area contributed by atoms with Gasteiger partial charge in [-0.05, 0) is 49.8 Å². The molecule has 118 valence electrons. The average molecular weight is 299 g/mol. The predicted molar refractivity (Wildman–Crippen MR) is 90.4 cm³/mol. The second kappa shape index (κ2) is 6.82. The molecule has 1 heterocycles. The van der Waals surface area contributed by atoms with Crippen molar-refractivity contribution in [1.29, 1.82) is 0 Å². The Morgan fingerprint density at radius 3 is 2.45 bits per heavy atom. The van der Waals surface area contributed by atoms with Crippen molar-refractivity contribution in [3.63, 3.8) is 0 Å². The molecule has 0 aliphatic carbocycles. The summed E-state index contributed by atoms with van der Waals surface area (Å²) in [6.07, 6.45) is 1.09. The molecule has 0 aliphatic rings. The van der Waals surface area contributed by atoms with Crippen molar-refractivity contribution in [2.24, 2.45) is 5.92 Å². The SMILES string of the molecule is Cc1cc(C(=O)Nc2ccccc2C(C)CC(C)C)c(C)o1. The molecular formula is C19H25NO2. The number of amides is 1. The highest BCUT2D eigenvalue weighted by atomic mass is 16.3. The molecule has 0 saturated carbocycles. The van der Waals surface area contributed by atoms with Crippen LogP contribution < -0.4 is 5.32 Å². The summed E-state index contributed by atoms with van der Waals surface area (Å²) in [5.74, 6) is 2.33. The fraction of sp³-hybridized carbons (Fsp3) is 0.421. The lowest BCUT2D eigenvalue weighted by molar-refractivity contribution is 0.102. The Balaban J connectivity index is 2.23. The maximum Gasteiger partial charge on any atom is 0.259 e. The van der Waals surface area contributed by atoms with E-state index in [9.17, 15) is 4.79 Å². The fourth-order valence-corrected chi connectivity index (χ4v) is 2.92. The van der Waals surface area contributed by atoms with E-state index in [1.165, 1.54) is 5.56 Å². The van der Waals surface area contributed by atoms with Gasteiger partial charge >= 0.3 is 0 Å². The number of carbonyl (C=O) groups is 1. The van der Waals surface area contributed by atoms with Gasteiger partial charge in [0.2, 0.25) is 0 Å². The summed E-state index contributed by atoms with van der Waals surface area (Å²) in [4.78, 5) is 12.5. The van der Waals surface area contributed by atoms with Crippen LogP contribution in [0.2, 0.25) is 0 Å². The lowest BCUT2D eigenvalue weighted by Crippen LogP contribution is -2.14. The Labute approximate surface area is 132 Å². The van der Waals surface area contributed by atoms with Gasteiger partial charge in [-0.1, -0.05) is 39.0 Å². The largest absolute Gasteiger partial charge is 0.466 e. The molecule has 0 radical (unpaired) electrons. The zero-order valence-electron chi connectivity index (χ0n) is 14.1. The number of rotatable bonds is 5. The van der Waals surface area contributed by atoms with Crippen LogP contribution in [0.25, 0.3) is 0 Å². The van der Waals surface area contributed by atoms with Gasteiger partial charge in [0.25, 0.3) is 5.91 Å². The summed E-state index contributed by atoms with van der Waals surface area (Å²) in [7, 11) is 0. The second-order valence-corrected chi connectivity index (χ2v) is 6.40. The molecule has 1 unspecified atom stereocenters. The first kappa shape index (κ1) is 16.3. The minimum atomic E-state index is -0.112. The van der Waals surface area contributed by atoms with E-state index in [0.717, 1.165) is 17.9 Å². The van der Waals surface area contributed by atoms with Crippen LogP contribution >= 0.6 is 0 Å². The molecule has 1 aromatic carbocycles. The molecule has 2 aromatic rings. The Bertz CT molecular complexity index is 655. The molecule has 0 fully saturated rings. The van der Waals surface area contributed by atoms with Crippen LogP contribution in [0.1, 0.15) is 60.6 Å². The van der Waals surface area contributed by atoms with Crippen LogP contribution in [0.15, 0.2) is 34.7 Å². The highest BCUT2D eigenvalue weighted by molar-refractivity contribution is 6.05. The third-order valence-corrected chi connectivity index (χ3v) is 3.85. The fourth-order valence-electron chi connectivity index (χ4n) is 2.92. The summed E-state index contributed by atoms with van der Waals surface area (Å²) >= 11 is 0. The maximum absolute atomic E-state index is 12.5. The first-order valence-corrected chi connectivity index (χ1v) is 7.85. The highest BCUT2D eigenvalue weighted by Crippen LogP contribution is 2.29. The molecule has 1 aromatic heterocycles. The van der Waals surface area contributed by atoms with Crippen LogP contribution in [0.5, 0.6) is 0 Å². The lowest BCUT2D eigenvalue weighted by atomic mass is 9.91. The number of benzene rings is 1.